The molecule has 0 aromatic carbocycles. The van der Waals surface area contributed by atoms with Crippen LogP contribution in [0.15, 0.2) is 4.34 Å². The standard InChI is InChI=1S/C21H33N5O3S2/c1-2-18(28)26(16-6-7-16)19-23-24-20(31-19)30-14-17(27)22-15-21(8-4-3-5-9-21)25-10-12-29-13-11-25/h16H,2-15H2,1H3,(H,22,27). The van der Waals surface area contributed by atoms with E-state index in [1.807, 2.05) is 6.92 Å². The van der Waals surface area contributed by atoms with Crippen LogP contribution in [0.2, 0.25) is 0 Å². The van der Waals surface area contributed by atoms with Crippen LogP contribution < -0.4 is 10.2 Å². The second-order valence-corrected chi connectivity index (χ2v) is 10.8. The van der Waals surface area contributed by atoms with Crippen LogP contribution in [-0.4, -0.2) is 77.1 Å². The lowest BCUT2D eigenvalue weighted by Gasteiger charge is -2.48. The molecule has 2 heterocycles. The van der Waals surface area contributed by atoms with E-state index in [-0.39, 0.29) is 23.4 Å². The number of ether oxygens (including phenoxy) is 1. The van der Waals surface area contributed by atoms with Gasteiger partial charge in [0.15, 0.2) is 4.34 Å². The Labute approximate surface area is 192 Å². The molecule has 2 saturated carbocycles. The molecule has 0 atom stereocenters. The lowest BCUT2D eigenvalue weighted by atomic mass is 9.79. The van der Waals surface area contributed by atoms with E-state index >= 15 is 0 Å². The molecule has 1 aliphatic heterocycles. The zero-order valence-corrected chi connectivity index (χ0v) is 19.9. The van der Waals surface area contributed by atoms with E-state index in [0.717, 1.165) is 56.3 Å². The smallest absolute Gasteiger partial charge is 0.230 e. The van der Waals surface area contributed by atoms with Crippen molar-refractivity contribution in [2.75, 3.05) is 43.5 Å². The lowest BCUT2D eigenvalue weighted by molar-refractivity contribution is -0.120. The molecule has 0 unspecified atom stereocenters. The largest absolute Gasteiger partial charge is 0.379 e. The van der Waals surface area contributed by atoms with Crippen molar-refractivity contribution in [3.63, 3.8) is 0 Å². The first-order valence-corrected chi connectivity index (χ1v) is 13.3. The molecule has 0 bridgehead atoms. The van der Waals surface area contributed by atoms with Crippen molar-refractivity contribution in [1.29, 1.82) is 0 Å². The van der Waals surface area contributed by atoms with E-state index in [0.29, 0.717) is 23.8 Å². The van der Waals surface area contributed by atoms with Gasteiger partial charge in [-0.3, -0.25) is 19.4 Å². The first kappa shape index (κ1) is 22.9. The fraction of sp³-hybridized carbons (Fsp3) is 0.810. The van der Waals surface area contributed by atoms with Crippen LogP contribution in [0.4, 0.5) is 5.13 Å². The predicted molar refractivity (Wildman–Crippen MR) is 123 cm³/mol. The molecule has 1 N–H and O–H groups in total. The summed E-state index contributed by atoms with van der Waals surface area (Å²) in [4.78, 5) is 29.2. The van der Waals surface area contributed by atoms with Gasteiger partial charge in [0.2, 0.25) is 16.9 Å². The summed E-state index contributed by atoms with van der Waals surface area (Å²) in [7, 11) is 0. The Bertz CT molecular complexity index is 758. The number of morpholine rings is 1. The molecule has 8 nitrogen and oxygen atoms in total. The molecule has 172 valence electrons. The Morgan fingerprint density at radius 1 is 1.23 bits per heavy atom. The van der Waals surface area contributed by atoms with Gasteiger partial charge in [0, 0.05) is 37.6 Å². The molecule has 1 aromatic heterocycles. The number of aromatic nitrogens is 2. The molecule has 0 radical (unpaired) electrons. The van der Waals surface area contributed by atoms with Crippen LogP contribution in [0.3, 0.4) is 0 Å². The van der Waals surface area contributed by atoms with Gasteiger partial charge in [0.05, 0.1) is 19.0 Å². The van der Waals surface area contributed by atoms with Gasteiger partial charge in [0.25, 0.3) is 0 Å². The number of carbonyl (C=O) groups is 2. The Morgan fingerprint density at radius 2 is 1.97 bits per heavy atom. The monoisotopic (exact) mass is 467 g/mol. The first-order valence-electron chi connectivity index (χ1n) is 11.5. The summed E-state index contributed by atoms with van der Waals surface area (Å²) in [6, 6.07) is 0.272. The van der Waals surface area contributed by atoms with Crippen LogP contribution in [0, 0.1) is 0 Å². The molecule has 10 heteroatoms. The number of nitrogens with zero attached hydrogens (tertiary/aromatic N) is 4. The Balaban J connectivity index is 1.29. The number of hydrogen-bond acceptors (Lipinski definition) is 8. The summed E-state index contributed by atoms with van der Waals surface area (Å²) in [5.41, 5.74) is 0.0730. The van der Waals surface area contributed by atoms with Gasteiger partial charge in [-0.25, -0.2) is 0 Å². The second-order valence-electron chi connectivity index (χ2n) is 8.65. The van der Waals surface area contributed by atoms with Crippen LogP contribution in [0.5, 0.6) is 0 Å². The Morgan fingerprint density at radius 3 is 2.65 bits per heavy atom. The number of anilines is 1. The SMILES string of the molecule is CCC(=O)N(c1nnc(SCC(=O)NCC2(N3CCOCC3)CCCCC2)s1)C1CC1. The third-order valence-electron chi connectivity index (χ3n) is 6.49. The summed E-state index contributed by atoms with van der Waals surface area (Å²) in [5, 5.41) is 12.3. The van der Waals surface area contributed by atoms with Gasteiger partial charge in [0.1, 0.15) is 0 Å². The molecule has 4 rings (SSSR count). The highest BCUT2D eigenvalue weighted by atomic mass is 32.2. The average molecular weight is 468 g/mol. The second kappa shape index (κ2) is 10.6. The van der Waals surface area contributed by atoms with Gasteiger partial charge >= 0.3 is 0 Å². The topological polar surface area (TPSA) is 87.7 Å². The highest BCUT2D eigenvalue weighted by Gasteiger charge is 2.39. The zero-order chi connectivity index (χ0) is 21.7. The molecule has 1 aromatic rings. The molecule has 2 aliphatic carbocycles. The number of amides is 2. The van der Waals surface area contributed by atoms with Crippen LogP contribution in [0.25, 0.3) is 0 Å². The van der Waals surface area contributed by atoms with E-state index in [1.54, 1.807) is 4.90 Å². The number of hydrogen-bond donors (Lipinski definition) is 1. The van der Waals surface area contributed by atoms with Crippen LogP contribution in [0.1, 0.15) is 58.3 Å². The molecule has 2 amide bonds. The predicted octanol–water partition coefficient (Wildman–Crippen LogP) is 2.69. The van der Waals surface area contributed by atoms with E-state index < -0.39 is 0 Å². The van der Waals surface area contributed by atoms with Gasteiger partial charge in [-0.15, -0.1) is 10.2 Å². The maximum absolute atomic E-state index is 12.6. The molecule has 0 spiro atoms. The minimum atomic E-state index is 0.0311. The maximum atomic E-state index is 12.6. The van der Waals surface area contributed by atoms with Crippen molar-refractivity contribution < 1.29 is 14.3 Å². The van der Waals surface area contributed by atoms with Crippen molar-refractivity contribution in [2.45, 2.75) is 74.2 Å². The van der Waals surface area contributed by atoms with Crippen LogP contribution >= 0.6 is 23.1 Å². The maximum Gasteiger partial charge on any atom is 0.230 e. The minimum absolute atomic E-state index is 0.0311. The van der Waals surface area contributed by atoms with Crippen molar-refractivity contribution >= 4 is 40.0 Å². The van der Waals surface area contributed by atoms with Crippen molar-refractivity contribution in [3.05, 3.63) is 0 Å². The molecule has 3 fully saturated rings. The summed E-state index contributed by atoms with van der Waals surface area (Å²) in [5.74, 6) is 0.441. The van der Waals surface area contributed by atoms with Crippen LogP contribution in [-0.2, 0) is 14.3 Å². The van der Waals surface area contributed by atoms with Crippen molar-refractivity contribution in [2.24, 2.45) is 0 Å². The zero-order valence-electron chi connectivity index (χ0n) is 18.3. The van der Waals surface area contributed by atoms with E-state index in [9.17, 15) is 9.59 Å². The van der Waals surface area contributed by atoms with E-state index in [1.165, 1.54) is 42.4 Å². The number of nitrogens with one attached hydrogen (secondary N) is 1. The summed E-state index contributed by atoms with van der Waals surface area (Å²) in [6.45, 7) is 6.04. The third kappa shape index (κ3) is 5.77. The quantitative estimate of drug-likeness (QED) is 0.441. The first-order chi connectivity index (χ1) is 15.1. The number of rotatable bonds is 9. The fourth-order valence-corrected chi connectivity index (χ4v) is 6.38. The Hall–Kier alpha value is -1.23. The normalized spacial score (nSPS) is 21.6. The molecule has 31 heavy (non-hydrogen) atoms. The highest BCUT2D eigenvalue weighted by Crippen LogP contribution is 2.36. The van der Waals surface area contributed by atoms with Gasteiger partial charge in [-0.1, -0.05) is 49.3 Å². The number of carbonyl (C=O) groups excluding carboxylic acids is 2. The average Bonchev–Trinajstić information content (AvgIpc) is 3.54. The van der Waals surface area contributed by atoms with Crippen molar-refractivity contribution in [3.8, 4) is 0 Å². The van der Waals surface area contributed by atoms with E-state index in [4.69, 9.17) is 4.74 Å². The lowest BCUT2D eigenvalue weighted by Crippen LogP contribution is -2.59. The van der Waals surface area contributed by atoms with Crippen molar-refractivity contribution in [1.82, 2.24) is 20.4 Å². The van der Waals surface area contributed by atoms with Gasteiger partial charge in [-0.05, 0) is 25.7 Å². The molecular weight excluding hydrogens is 434 g/mol. The summed E-state index contributed by atoms with van der Waals surface area (Å²) in [6.07, 6.45) is 8.54. The fourth-order valence-electron chi connectivity index (χ4n) is 4.62. The Kier molecular flexibility index (Phi) is 7.84. The minimum Gasteiger partial charge on any atom is -0.379 e. The summed E-state index contributed by atoms with van der Waals surface area (Å²) >= 11 is 2.81. The summed E-state index contributed by atoms with van der Waals surface area (Å²) < 4.78 is 6.28. The molecule has 1 saturated heterocycles. The number of thioether (sulfide) groups is 1. The molecule has 3 aliphatic rings. The van der Waals surface area contributed by atoms with Gasteiger partial charge in [-0.2, -0.15) is 0 Å². The third-order valence-corrected chi connectivity index (χ3v) is 8.55. The highest BCUT2D eigenvalue weighted by molar-refractivity contribution is 8.01. The van der Waals surface area contributed by atoms with E-state index in [2.05, 4.69) is 20.4 Å². The van der Waals surface area contributed by atoms with Gasteiger partial charge < -0.3 is 10.1 Å². The molecular formula is C21H33N5O3S2.